The van der Waals surface area contributed by atoms with Crippen LogP contribution in [0.4, 0.5) is 5.69 Å². The molecule has 0 saturated carbocycles. The standard InChI is InChI=1S/C21H15NO6S2/c23-19(12-6-16-3-9-18(10-4-16)22(24)25)11-5-15-1-7-17(8-2-15)20-13-14-29-21(20)30(26,27)28/h1-14H,(H,26,27,28)/b11-5+,12-6+. The number of benzene rings is 2. The summed E-state index contributed by atoms with van der Waals surface area (Å²) in [5, 5.41) is 12.2. The fourth-order valence-corrected chi connectivity index (χ4v) is 4.36. The van der Waals surface area contributed by atoms with Gasteiger partial charge in [-0.25, -0.2) is 0 Å². The molecular formula is C21H15NO6S2. The van der Waals surface area contributed by atoms with Crippen LogP contribution < -0.4 is 0 Å². The first-order valence-electron chi connectivity index (χ1n) is 8.54. The van der Waals surface area contributed by atoms with Crippen LogP contribution in [-0.4, -0.2) is 23.7 Å². The zero-order chi connectivity index (χ0) is 21.7. The number of hydrogen-bond acceptors (Lipinski definition) is 6. The lowest BCUT2D eigenvalue weighted by Gasteiger charge is -2.02. The highest BCUT2D eigenvalue weighted by molar-refractivity contribution is 7.88. The predicted octanol–water partition coefficient (Wildman–Crippen LogP) is 4.87. The fourth-order valence-electron chi connectivity index (χ4n) is 2.60. The molecule has 0 bridgehead atoms. The van der Waals surface area contributed by atoms with E-state index in [0.717, 1.165) is 16.9 Å². The van der Waals surface area contributed by atoms with Crippen molar-refractivity contribution in [2.75, 3.05) is 0 Å². The Labute approximate surface area is 176 Å². The average molecular weight is 441 g/mol. The number of rotatable bonds is 7. The summed E-state index contributed by atoms with van der Waals surface area (Å²) in [5.41, 5.74) is 2.43. The van der Waals surface area contributed by atoms with Gasteiger partial charge in [0.2, 0.25) is 0 Å². The normalized spacial score (nSPS) is 11.9. The molecule has 0 atom stereocenters. The number of hydrogen-bond donors (Lipinski definition) is 1. The molecule has 0 spiro atoms. The van der Waals surface area contributed by atoms with Gasteiger partial charge in [-0.05, 0) is 52.4 Å². The SMILES string of the molecule is O=C(/C=C/c1ccc(-c2ccsc2S(=O)(=O)O)cc1)/C=C/c1ccc([N+](=O)[O-])cc1. The van der Waals surface area contributed by atoms with Crippen LogP contribution in [0.25, 0.3) is 23.3 Å². The van der Waals surface area contributed by atoms with E-state index in [2.05, 4.69) is 0 Å². The highest BCUT2D eigenvalue weighted by Crippen LogP contribution is 2.32. The highest BCUT2D eigenvalue weighted by atomic mass is 32.3. The molecule has 2 aromatic carbocycles. The predicted molar refractivity (Wildman–Crippen MR) is 116 cm³/mol. The molecule has 0 radical (unpaired) electrons. The molecule has 1 N–H and O–H groups in total. The molecule has 9 heteroatoms. The van der Waals surface area contributed by atoms with Crippen LogP contribution in [0.3, 0.4) is 0 Å². The van der Waals surface area contributed by atoms with Crippen molar-refractivity contribution in [2.45, 2.75) is 4.21 Å². The van der Waals surface area contributed by atoms with Gasteiger partial charge in [0.15, 0.2) is 9.99 Å². The third kappa shape index (κ3) is 5.35. The number of thiophene rings is 1. The van der Waals surface area contributed by atoms with E-state index in [1.165, 1.54) is 24.3 Å². The molecule has 152 valence electrons. The molecule has 1 aromatic heterocycles. The van der Waals surface area contributed by atoms with Crippen LogP contribution in [0.2, 0.25) is 0 Å². The smallest absolute Gasteiger partial charge is 0.290 e. The largest absolute Gasteiger partial charge is 0.304 e. The molecule has 0 aliphatic carbocycles. The number of carbonyl (C=O) groups is 1. The Morgan fingerprint density at radius 3 is 1.97 bits per heavy atom. The number of allylic oxidation sites excluding steroid dienone is 2. The molecule has 30 heavy (non-hydrogen) atoms. The van der Waals surface area contributed by atoms with Crippen molar-refractivity contribution in [1.82, 2.24) is 0 Å². The monoisotopic (exact) mass is 441 g/mol. The maximum atomic E-state index is 12.0. The van der Waals surface area contributed by atoms with E-state index in [4.69, 9.17) is 0 Å². The van der Waals surface area contributed by atoms with E-state index < -0.39 is 15.0 Å². The van der Waals surface area contributed by atoms with Crippen molar-refractivity contribution in [3.05, 3.63) is 93.4 Å². The van der Waals surface area contributed by atoms with Crippen LogP contribution in [0.5, 0.6) is 0 Å². The first kappa shape index (κ1) is 21.3. The zero-order valence-electron chi connectivity index (χ0n) is 15.3. The molecule has 3 aromatic rings. The summed E-state index contributed by atoms with van der Waals surface area (Å²) in [6, 6.07) is 14.3. The Balaban J connectivity index is 1.67. The third-order valence-electron chi connectivity index (χ3n) is 4.07. The van der Waals surface area contributed by atoms with Gasteiger partial charge in [0.05, 0.1) is 4.92 Å². The molecule has 0 aliphatic heterocycles. The van der Waals surface area contributed by atoms with Crippen molar-refractivity contribution in [3.8, 4) is 11.1 Å². The summed E-state index contributed by atoms with van der Waals surface area (Å²) in [6.07, 6.45) is 5.91. The molecular weight excluding hydrogens is 426 g/mol. The van der Waals surface area contributed by atoms with Gasteiger partial charge in [-0.3, -0.25) is 19.5 Å². The minimum atomic E-state index is -4.29. The summed E-state index contributed by atoms with van der Waals surface area (Å²) in [5.74, 6) is -0.260. The Morgan fingerprint density at radius 2 is 1.47 bits per heavy atom. The van der Waals surface area contributed by atoms with Gasteiger partial charge >= 0.3 is 10.1 Å². The van der Waals surface area contributed by atoms with E-state index in [1.807, 2.05) is 0 Å². The maximum Gasteiger partial charge on any atom is 0.304 e. The number of ketones is 1. The van der Waals surface area contributed by atoms with Crippen LogP contribution in [-0.2, 0) is 14.9 Å². The van der Waals surface area contributed by atoms with E-state index in [9.17, 15) is 27.9 Å². The Kier molecular flexibility index (Phi) is 6.36. The molecule has 1 heterocycles. The van der Waals surface area contributed by atoms with Gasteiger partial charge in [-0.1, -0.05) is 36.4 Å². The van der Waals surface area contributed by atoms with Crippen molar-refractivity contribution in [1.29, 1.82) is 0 Å². The lowest BCUT2D eigenvalue weighted by atomic mass is 10.1. The second kappa shape index (κ2) is 8.95. The van der Waals surface area contributed by atoms with Crippen molar-refractivity contribution >= 4 is 45.1 Å². The molecule has 3 rings (SSSR count). The summed E-state index contributed by atoms with van der Waals surface area (Å²) < 4.78 is 32.0. The van der Waals surface area contributed by atoms with E-state index in [1.54, 1.807) is 60.0 Å². The number of nitrogens with zero attached hydrogens (tertiary/aromatic N) is 1. The Bertz CT molecular complexity index is 1240. The average Bonchev–Trinajstić information content (AvgIpc) is 3.22. The molecule has 7 nitrogen and oxygen atoms in total. The van der Waals surface area contributed by atoms with E-state index >= 15 is 0 Å². The minimum Gasteiger partial charge on any atom is -0.290 e. The van der Waals surface area contributed by atoms with Gasteiger partial charge in [0.25, 0.3) is 5.69 Å². The summed E-state index contributed by atoms with van der Waals surface area (Å²) in [4.78, 5) is 22.1. The first-order valence-corrected chi connectivity index (χ1v) is 10.9. The summed E-state index contributed by atoms with van der Waals surface area (Å²) in [7, 11) is -4.29. The molecule has 0 fully saturated rings. The number of carbonyl (C=O) groups excluding carboxylic acids is 1. The third-order valence-corrected chi connectivity index (χ3v) is 6.38. The summed E-state index contributed by atoms with van der Waals surface area (Å²) in [6.45, 7) is 0. The first-order chi connectivity index (χ1) is 14.2. The second-order valence-corrected chi connectivity index (χ2v) is 8.67. The second-order valence-electron chi connectivity index (χ2n) is 6.14. The number of nitro benzene ring substituents is 1. The van der Waals surface area contributed by atoms with Gasteiger partial charge < -0.3 is 0 Å². The van der Waals surface area contributed by atoms with E-state index in [-0.39, 0.29) is 15.7 Å². The van der Waals surface area contributed by atoms with Crippen LogP contribution >= 0.6 is 11.3 Å². The highest BCUT2D eigenvalue weighted by Gasteiger charge is 2.18. The fraction of sp³-hybridized carbons (Fsp3) is 0. The van der Waals surface area contributed by atoms with Gasteiger partial charge in [0, 0.05) is 17.7 Å². The lowest BCUT2D eigenvalue weighted by Crippen LogP contribution is -1.96. The van der Waals surface area contributed by atoms with E-state index in [0.29, 0.717) is 16.7 Å². The topological polar surface area (TPSA) is 115 Å². The summed E-state index contributed by atoms with van der Waals surface area (Å²) >= 11 is 0.938. The minimum absolute atomic E-state index is 0.0204. The molecule has 0 aliphatic rings. The number of non-ortho nitro benzene ring substituents is 1. The van der Waals surface area contributed by atoms with Gasteiger partial charge in [-0.15, -0.1) is 11.3 Å². The zero-order valence-corrected chi connectivity index (χ0v) is 17.0. The molecule has 0 amide bonds. The van der Waals surface area contributed by atoms with Crippen LogP contribution in [0.15, 0.2) is 76.3 Å². The van der Waals surface area contributed by atoms with Crippen molar-refractivity contribution in [2.24, 2.45) is 0 Å². The van der Waals surface area contributed by atoms with Crippen LogP contribution in [0.1, 0.15) is 11.1 Å². The Hall–Kier alpha value is -3.40. The van der Waals surface area contributed by atoms with Crippen LogP contribution in [0, 0.1) is 10.1 Å². The number of nitro groups is 1. The van der Waals surface area contributed by atoms with Crippen molar-refractivity contribution in [3.63, 3.8) is 0 Å². The molecule has 0 saturated heterocycles. The van der Waals surface area contributed by atoms with Gasteiger partial charge in [-0.2, -0.15) is 8.42 Å². The maximum absolute atomic E-state index is 12.0. The quantitative estimate of drug-likeness (QED) is 0.242. The molecule has 0 unspecified atom stereocenters. The van der Waals surface area contributed by atoms with Crippen molar-refractivity contribution < 1.29 is 22.7 Å². The Morgan fingerprint density at radius 1 is 0.933 bits per heavy atom. The van der Waals surface area contributed by atoms with Gasteiger partial charge in [0.1, 0.15) is 0 Å². The lowest BCUT2D eigenvalue weighted by molar-refractivity contribution is -0.384.